The summed E-state index contributed by atoms with van der Waals surface area (Å²) in [6.45, 7) is 3.11. The first-order valence-electron chi connectivity index (χ1n) is 7.50. The van der Waals surface area contributed by atoms with Gasteiger partial charge in [0.05, 0.1) is 4.75 Å². The lowest BCUT2D eigenvalue weighted by Crippen LogP contribution is -2.72. The lowest BCUT2D eigenvalue weighted by molar-refractivity contribution is -1.06. The summed E-state index contributed by atoms with van der Waals surface area (Å²) >= 11 is 1.37. The first kappa shape index (κ1) is 16.8. The molecule has 0 aromatic heterocycles. The fraction of sp³-hybridized carbons (Fsp3) is 0.438. The number of thioether (sulfide) groups is 1. The molecule has 3 rings (SSSR count). The summed E-state index contributed by atoms with van der Waals surface area (Å²) in [5.41, 5.74) is 0. The van der Waals surface area contributed by atoms with Crippen LogP contribution in [0.1, 0.15) is 20.3 Å². The van der Waals surface area contributed by atoms with Crippen LogP contribution in [0.4, 0.5) is 0 Å². The number of nitrogens with zero attached hydrogens (tertiary/aromatic N) is 1. The maximum atomic E-state index is 12.2. The van der Waals surface area contributed by atoms with Gasteiger partial charge in [-0.05, 0) is 30.6 Å². The highest BCUT2D eigenvalue weighted by molar-refractivity contribution is 8.01. The number of carbonyl (C=O) groups excluding carboxylic acids is 2. The molecule has 2 fully saturated rings. The topological polar surface area (TPSA) is 89.9 Å². The molecular formula is C16H18NO6S+. The third-order valence-corrected chi connectivity index (χ3v) is 5.82. The quantitative estimate of drug-likeness (QED) is 0.635. The molecular weight excluding hydrogens is 334 g/mol. The van der Waals surface area contributed by atoms with Crippen LogP contribution in [0.3, 0.4) is 0 Å². The fourth-order valence-electron chi connectivity index (χ4n) is 3.26. The van der Waals surface area contributed by atoms with E-state index in [1.54, 1.807) is 38.1 Å². The molecule has 1 N–H and O–H groups in total. The number of hydroxylamine groups is 3. The third kappa shape index (κ3) is 2.55. The second-order valence-electron chi connectivity index (χ2n) is 6.29. The standard InChI is InChI=1S/C16H17NO6S/c1-16(2)14(15(20)21)17(11(18)8-12(17)24-16)23-13(19)9-22-10-6-4-3-5-7-10/h3-7,12,14H,8-9H2,1-2H3/p+1/t12-,14+,17?/m1/s1. The molecule has 1 amide bonds. The van der Waals surface area contributed by atoms with E-state index in [1.165, 1.54) is 11.8 Å². The van der Waals surface area contributed by atoms with Crippen molar-refractivity contribution < 1.29 is 33.7 Å². The molecule has 1 aromatic rings. The number of aliphatic carboxylic acids is 1. The van der Waals surface area contributed by atoms with E-state index >= 15 is 0 Å². The number of rotatable bonds is 5. The predicted molar refractivity (Wildman–Crippen MR) is 84.8 cm³/mol. The number of fused-ring (bicyclic) bond motifs is 1. The monoisotopic (exact) mass is 352 g/mol. The van der Waals surface area contributed by atoms with Gasteiger partial charge in [0.15, 0.2) is 12.0 Å². The Balaban J connectivity index is 1.75. The molecule has 128 valence electrons. The number of ether oxygens (including phenoxy) is 1. The van der Waals surface area contributed by atoms with E-state index < -0.39 is 33.3 Å². The van der Waals surface area contributed by atoms with Gasteiger partial charge in [-0.2, -0.15) is 0 Å². The number of β-lactam (4-membered cyclic amide) rings is 1. The molecule has 8 heteroatoms. The number of para-hydroxylation sites is 1. The van der Waals surface area contributed by atoms with Gasteiger partial charge in [-0.3, -0.25) is 4.84 Å². The summed E-state index contributed by atoms with van der Waals surface area (Å²) < 4.78 is 3.82. The maximum Gasteiger partial charge on any atom is 0.404 e. The Morgan fingerprint density at radius 3 is 2.58 bits per heavy atom. The van der Waals surface area contributed by atoms with Crippen LogP contribution in [0.15, 0.2) is 30.3 Å². The number of carboxylic acids is 1. The third-order valence-electron chi connectivity index (χ3n) is 4.24. The Morgan fingerprint density at radius 1 is 1.33 bits per heavy atom. The normalized spacial score (nSPS) is 30.2. The second-order valence-corrected chi connectivity index (χ2v) is 8.12. The average Bonchev–Trinajstić information content (AvgIpc) is 2.70. The van der Waals surface area contributed by atoms with Crippen molar-refractivity contribution in [2.45, 2.75) is 36.4 Å². The summed E-state index contributed by atoms with van der Waals surface area (Å²) in [4.78, 5) is 41.5. The molecule has 0 saturated carbocycles. The first-order valence-corrected chi connectivity index (χ1v) is 8.38. The predicted octanol–water partition coefficient (Wildman–Crippen LogP) is 1.58. The highest BCUT2D eigenvalue weighted by Gasteiger charge is 2.77. The smallest absolute Gasteiger partial charge is 0.404 e. The SMILES string of the molecule is CC1(C)S[C@@H]2CC(=O)[N+]2(OC(=O)COc2ccccc2)[C@H]1C(=O)O. The van der Waals surface area contributed by atoms with E-state index in [1.807, 2.05) is 6.07 Å². The molecule has 0 bridgehead atoms. The first-order chi connectivity index (χ1) is 11.3. The lowest BCUT2D eigenvalue weighted by Gasteiger charge is -2.42. The van der Waals surface area contributed by atoms with Gasteiger partial charge >= 0.3 is 17.8 Å². The Labute approximate surface area is 143 Å². The van der Waals surface area contributed by atoms with Crippen molar-refractivity contribution in [2.75, 3.05) is 6.61 Å². The maximum absolute atomic E-state index is 12.2. The van der Waals surface area contributed by atoms with E-state index in [-0.39, 0.29) is 18.4 Å². The zero-order valence-electron chi connectivity index (χ0n) is 13.3. The van der Waals surface area contributed by atoms with Crippen LogP contribution in [0.25, 0.3) is 0 Å². The number of quaternary nitrogens is 1. The Morgan fingerprint density at radius 2 is 2.00 bits per heavy atom. The van der Waals surface area contributed by atoms with Gasteiger partial charge in [0.2, 0.25) is 6.04 Å². The Kier molecular flexibility index (Phi) is 4.05. The van der Waals surface area contributed by atoms with Crippen molar-refractivity contribution in [2.24, 2.45) is 0 Å². The number of hydrogen-bond acceptors (Lipinski definition) is 6. The summed E-state index contributed by atoms with van der Waals surface area (Å²) in [6.07, 6.45) is 0.199. The molecule has 2 aliphatic heterocycles. The summed E-state index contributed by atoms with van der Waals surface area (Å²) in [5, 5.41) is 9.19. The summed E-state index contributed by atoms with van der Waals surface area (Å²) in [6, 6.07) is 7.58. The van der Waals surface area contributed by atoms with Crippen LogP contribution < -0.4 is 4.74 Å². The van der Waals surface area contributed by atoms with Gasteiger partial charge in [-0.25, -0.2) is 14.4 Å². The lowest BCUT2D eigenvalue weighted by atomic mass is 9.97. The molecule has 1 aromatic carbocycles. The van der Waals surface area contributed by atoms with Crippen molar-refractivity contribution in [1.82, 2.24) is 0 Å². The highest BCUT2D eigenvalue weighted by Crippen LogP contribution is 2.56. The number of amides is 1. The summed E-state index contributed by atoms with van der Waals surface area (Å²) in [5.74, 6) is -1.81. The zero-order chi connectivity index (χ0) is 17.5. The Hall–Kier alpha value is -2.06. The minimum atomic E-state index is -1.15. The molecule has 2 aliphatic rings. The van der Waals surface area contributed by atoms with E-state index in [2.05, 4.69) is 0 Å². The van der Waals surface area contributed by atoms with E-state index in [4.69, 9.17) is 9.57 Å². The fourth-order valence-corrected chi connectivity index (χ4v) is 5.01. The number of carboxylic acid groups (broad SMARTS) is 1. The van der Waals surface area contributed by atoms with E-state index in [0.29, 0.717) is 5.75 Å². The number of hydrogen-bond donors (Lipinski definition) is 1. The van der Waals surface area contributed by atoms with Crippen LogP contribution >= 0.6 is 11.8 Å². The van der Waals surface area contributed by atoms with Crippen molar-refractivity contribution in [3.05, 3.63) is 30.3 Å². The molecule has 0 aliphatic carbocycles. The molecule has 24 heavy (non-hydrogen) atoms. The molecule has 0 spiro atoms. The van der Waals surface area contributed by atoms with Crippen LogP contribution in [0, 0.1) is 0 Å². The molecule has 3 atom stereocenters. The number of carbonyl (C=O) groups is 3. The van der Waals surface area contributed by atoms with Gasteiger partial charge in [-0.15, -0.1) is 0 Å². The Bertz CT molecular complexity index is 691. The van der Waals surface area contributed by atoms with E-state index in [0.717, 1.165) is 0 Å². The van der Waals surface area contributed by atoms with Crippen LogP contribution in [0.5, 0.6) is 5.75 Å². The summed E-state index contributed by atoms with van der Waals surface area (Å²) in [7, 11) is 0. The molecule has 2 saturated heterocycles. The largest absolute Gasteiger partial charge is 0.482 e. The van der Waals surface area contributed by atoms with Gasteiger partial charge in [0.1, 0.15) is 12.2 Å². The van der Waals surface area contributed by atoms with Crippen molar-refractivity contribution in [1.29, 1.82) is 0 Å². The number of benzene rings is 1. The van der Waals surface area contributed by atoms with Gasteiger partial charge < -0.3 is 9.84 Å². The van der Waals surface area contributed by atoms with Crippen molar-refractivity contribution in [3.8, 4) is 5.75 Å². The van der Waals surface area contributed by atoms with Crippen molar-refractivity contribution in [3.63, 3.8) is 0 Å². The molecule has 7 nitrogen and oxygen atoms in total. The van der Waals surface area contributed by atoms with Gasteiger partial charge in [0, 0.05) is 0 Å². The van der Waals surface area contributed by atoms with Crippen LogP contribution in [-0.4, -0.2) is 50.4 Å². The van der Waals surface area contributed by atoms with Crippen LogP contribution in [-0.2, 0) is 19.2 Å². The van der Waals surface area contributed by atoms with Gasteiger partial charge in [-0.1, -0.05) is 30.0 Å². The van der Waals surface area contributed by atoms with Crippen molar-refractivity contribution >= 4 is 29.6 Å². The molecule has 1 unspecified atom stereocenters. The molecule has 2 heterocycles. The molecule has 0 radical (unpaired) electrons. The highest BCUT2D eigenvalue weighted by atomic mass is 32.2. The van der Waals surface area contributed by atoms with Crippen LogP contribution in [0.2, 0.25) is 0 Å². The minimum Gasteiger partial charge on any atom is -0.482 e. The average molecular weight is 352 g/mol. The van der Waals surface area contributed by atoms with Gasteiger partial charge in [0.25, 0.3) is 0 Å². The zero-order valence-corrected chi connectivity index (χ0v) is 14.1. The van der Waals surface area contributed by atoms with E-state index in [9.17, 15) is 19.5 Å². The second kappa shape index (κ2) is 5.78. The minimum absolute atomic E-state index is 0.199.